The number of aromatic nitrogens is 3. The van der Waals surface area contributed by atoms with E-state index in [0.717, 1.165) is 47.2 Å². The summed E-state index contributed by atoms with van der Waals surface area (Å²) in [5, 5.41) is 21.7. The molecule has 1 aliphatic rings. The van der Waals surface area contributed by atoms with Gasteiger partial charge in [0.25, 0.3) is 0 Å². The molecule has 0 atom stereocenters. The van der Waals surface area contributed by atoms with Crippen LogP contribution in [-0.2, 0) is 29.3 Å². The Hall–Kier alpha value is -4.19. The van der Waals surface area contributed by atoms with Gasteiger partial charge in [-0.2, -0.15) is 5.10 Å². The summed E-state index contributed by atoms with van der Waals surface area (Å²) in [6, 6.07) is 20.6. The first-order valence-corrected chi connectivity index (χ1v) is 17.2. The van der Waals surface area contributed by atoms with Gasteiger partial charge in [0.2, 0.25) is 15.2 Å². The standard InChI is InChI=1S/C34H33FN4O4S2/c1-20(2)14-21-8-11-24(12-9-21)25-4-3-5-26(18-25)32-27(15-23-10-13-31(28(35)16-23)45(36,42)43)30(17-22-6-7-22)39(38-32)34-37-29(19-44-34)33(40)41/h3-5,8-13,16,18-20,22H,6-7,14-15,17H2,1-2H3,(H,40,41)(H2,36,42,43). The Bertz CT molecular complexity index is 1990. The molecule has 0 spiro atoms. The number of sulfonamides is 1. The minimum atomic E-state index is -4.21. The number of aromatic carboxylic acids is 1. The highest BCUT2D eigenvalue weighted by Gasteiger charge is 2.29. The topological polar surface area (TPSA) is 128 Å². The van der Waals surface area contributed by atoms with Crippen LogP contribution in [-0.4, -0.2) is 34.3 Å². The summed E-state index contributed by atoms with van der Waals surface area (Å²) in [4.78, 5) is 15.4. The summed E-state index contributed by atoms with van der Waals surface area (Å²) in [5.41, 5.74) is 7.09. The molecule has 0 saturated heterocycles. The quantitative estimate of drug-likeness (QED) is 0.161. The van der Waals surface area contributed by atoms with E-state index >= 15 is 0 Å². The maximum absolute atomic E-state index is 14.9. The van der Waals surface area contributed by atoms with Crippen LogP contribution in [0.2, 0.25) is 0 Å². The van der Waals surface area contributed by atoms with Crippen molar-refractivity contribution in [2.45, 2.75) is 50.8 Å². The first kappa shape index (κ1) is 30.8. The molecule has 0 radical (unpaired) electrons. The van der Waals surface area contributed by atoms with Crippen molar-refractivity contribution in [1.82, 2.24) is 14.8 Å². The lowest BCUT2D eigenvalue weighted by Gasteiger charge is -2.11. The number of carbonyl (C=O) groups is 1. The van der Waals surface area contributed by atoms with E-state index in [0.29, 0.717) is 34.6 Å². The SMILES string of the molecule is CC(C)Cc1ccc(-c2cccc(-c3nn(-c4nc(C(=O)O)cs4)c(CC4CC4)c3Cc3ccc(S(N)(=O)=O)c(F)c3)c2)cc1. The smallest absolute Gasteiger partial charge is 0.355 e. The summed E-state index contributed by atoms with van der Waals surface area (Å²) in [6.45, 7) is 4.39. The zero-order valence-electron chi connectivity index (χ0n) is 24.9. The zero-order valence-corrected chi connectivity index (χ0v) is 26.5. The van der Waals surface area contributed by atoms with Crippen LogP contribution < -0.4 is 5.14 Å². The molecule has 0 unspecified atom stereocenters. The fourth-order valence-electron chi connectivity index (χ4n) is 5.57. The van der Waals surface area contributed by atoms with E-state index in [4.69, 9.17) is 10.2 Å². The second-order valence-electron chi connectivity index (χ2n) is 12.0. The Morgan fingerprint density at radius 1 is 1.04 bits per heavy atom. The van der Waals surface area contributed by atoms with Crippen LogP contribution in [0.5, 0.6) is 0 Å². The number of rotatable bonds is 11. The van der Waals surface area contributed by atoms with Crippen LogP contribution in [0.15, 0.2) is 77.0 Å². The van der Waals surface area contributed by atoms with Gasteiger partial charge in [-0.3, -0.25) is 0 Å². The minimum Gasteiger partial charge on any atom is -0.476 e. The highest BCUT2D eigenvalue weighted by atomic mass is 32.2. The van der Waals surface area contributed by atoms with E-state index < -0.39 is 26.7 Å². The van der Waals surface area contributed by atoms with E-state index in [1.54, 1.807) is 10.7 Å². The lowest BCUT2D eigenvalue weighted by Crippen LogP contribution is -2.14. The molecule has 3 aromatic carbocycles. The van der Waals surface area contributed by atoms with Gasteiger partial charge in [-0.1, -0.05) is 62.4 Å². The number of carboxylic acids is 1. The summed E-state index contributed by atoms with van der Waals surface area (Å²) in [5.74, 6) is -1.03. The highest BCUT2D eigenvalue weighted by Crippen LogP contribution is 2.39. The van der Waals surface area contributed by atoms with Crippen molar-refractivity contribution in [1.29, 1.82) is 0 Å². The summed E-state index contributed by atoms with van der Waals surface area (Å²) in [6.07, 6.45) is 4.10. The molecule has 1 aliphatic carbocycles. The number of nitrogens with zero attached hydrogens (tertiary/aromatic N) is 3. The van der Waals surface area contributed by atoms with Crippen LogP contribution in [0.25, 0.3) is 27.5 Å². The Morgan fingerprint density at radius 3 is 2.38 bits per heavy atom. The first-order chi connectivity index (χ1) is 21.5. The highest BCUT2D eigenvalue weighted by molar-refractivity contribution is 7.89. The monoisotopic (exact) mass is 644 g/mol. The van der Waals surface area contributed by atoms with E-state index in [-0.39, 0.29) is 12.1 Å². The van der Waals surface area contributed by atoms with E-state index in [1.165, 1.54) is 34.4 Å². The lowest BCUT2D eigenvalue weighted by atomic mass is 9.94. The third kappa shape index (κ3) is 6.90. The number of halogens is 1. The summed E-state index contributed by atoms with van der Waals surface area (Å²) < 4.78 is 40.4. The summed E-state index contributed by atoms with van der Waals surface area (Å²) in [7, 11) is -4.21. The second-order valence-corrected chi connectivity index (χ2v) is 14.4. The van der Waals surface area contributed by atoms with Gasteiger partial charge in [-0.05, 0) is 78.0 Å². The molecule has 2 heterocycles. The van der Waals surface area contributed by atoms with Crippen LogP contribution in [0, 0.1) is 17.7 Å². The average molecular weight is 645 g/mol. The average Bonchev–Trinajstić information content (AvgIpc) is 3.54. The lowest BCUT2D eigenvalue weighted by molar-refractivity contribution is 0.0691. The second kappa shape index (κ2) is 12.3. The largest absolute Gasteiger partial charge is 0.476 e. The van der Waals surface area contributed by atoms with Crippen molar-refractivity contribution in [3.05, 3.63) is 106 Å². The Kier molecular flexibility index (Phi) is 8.43. The third-order valence-electron chi connectivity index (χ3n) is 7.91. The van der Waals surface area contributed by atoms with Crippen molar-refractivity contribution >= 4 is 27.3 Å². The molecule has 0 aliphatic heterocycles. The van der Waals surface area contributed by atoms with Crippen LogP contribution in [0.3, 0.4) is 0 Å². The molecule has 5 aromatic rings. The normalized spacial score (nSPS) is 13.4. The molecule has 45 heavy (non-hydrogen) atoms. The van der Waals surface area contributed by atoms with Crippen LogP contribution >= 0.6 is 11.3 Å². The predicted octanol–water partition coefficient (Wildman–Crippen LogP) is 6.89. The van der Waals surface area contributed by atoms with Crippen molar-refractivity contribution in [3.63, 3.8) is 0 Å². The molecule has 1 saturated carbocycles. The van der Waals surface area contributed by atoms with Gasteiger partial charge in [0, 0.05) is 22.9 Å². The number of nitrogens with two attached hydrogens (primary N) is 1. The Morgan fingerprint density at radius 2 is 1.76 bits per heavy atom. The van der Waals surface area contributed by atoms with Gasteiger partial charge in [0.15, 0.2) is 5.69 Å². The molecule has 232 valence electrons. The molecule has 11 heteroatoms. The first-order valence-electron chi connectivity index (χ1n) is 14.8. The van der Waals surface area contributed by atoms with Crippen molar-refractivity contribution in [2.24, 2.45) is 17.0 Å². The van der Waals surface area contributed by atoms with E-state index in [9.17, 15) is 22.7 Å². The molecule has 0 bridgehead atoms. The number of primary sulfonamides is 1. The molecule has 0 amide bonds. The van der Waals surface area contributed by atoms with Gasteiger partial charge < -0.3 is 5.11 Å². The molecular weight excluding hydrogens is 612 g/mol. The van der Waals surface area contributed by atoms with Gasteiger partial charge in [-0.15, -0.1) is 11.3 Å². The number of benzene rings is 3. The van der Waals surface area contributed by atoms with Crippen LogP contribution in [0.1, 0.15) is 59.6 Å². The maximum atomic E-state index is 14.9. The van der Waals surface area contributed by atoms with Crippen molar-refractivity contribution in [2.75, 3.05) is 0 Å². The van der Waals surface area contributed by atoms with Crippen molar-refractivity contribution < 1.29 is 22.7 Å². The molecule has 8 nitrogen and oxygen atoms in total. The van der Waals surface area contributed by atoms with Gasteiger partial charge in [-0.25, -0.2) is 32.4 Å². The summed E-state index contributed by atoms with van der Waals surface area (Å²) >= 11 is 1.20. The zero-order chi connectivity index (χ0) is 31.9. The van der Waals surface area contributed by atoms with Gasteiger partial charge in [0.05, 0.1) is 11.4 Å². The molecule has 2 aromatic heterocycles. The number of thiazole rings is 1. The third-order valence-corrected chi connectivity index (χ3v) is 9.67. The van der Waals surface area contributed by atoms with Gasteiger partial charge in [0.1, 0.15) is 10.7 Å². The molecule has 6 rings (SSSR count). The molecule has 3 N–H and O–H groups in total. The molecular formula is C34H33FN4O4S2. The van der Waals surface area contributed by atoms with E-state index in [1.807, 2.05) is 18.2 Å². The minimum absolute atomic E-state index is 0.0606. The number of hydrogen-bond donors (Lipinski definition) is 2. The molecule has 1 fully saturated rings. The fourth-order valence-corrected chi connectivity index (χ4v) is 6.93. The predicted molar refractivity (Wildman–Crippen MR) is 173 cm³/mol. The van der Waals surface area contributed by atoms with Gasteiger partial charge >= 0.3 is 5.97 Å². The maximum Gasteiger partial charge on any atom is 0.355 e. The van der Waals surface area contributed by atoms with E-state index in [2.05, 4.69) is 49.2 Å². The number of carboxylic acid groups (broad SMARTS) is 1. The fraction of sp³-hybridized carbons (Fsp3) is 0.265. The Labute approximate surface area is 265 Å². The van der Waals surface area contributed by atoms with Crippen molar-refractivity contribution in [3.8, 4) is 27.5 Å². The number of hydrogen-bond acceptors (Lipinski definition) is 6. The van der Waals surface area contributed by atoms with Crippen LogP contribution in [0.4, 0.5) is 4.39 Å². The Balaban J connectivity index is 1.48.